The van der Waals surface area contributed by atoms with Crippen molar-refractivity contribution in [3.63, 3.8) is 0 Å². The number of likely N-dealkylation sites (N-methyl/N-ethyl adjacent to an activating group) is 1. The van der Waals surface area contributed by atoms with E-state index in [0.29, 0.717) is 17.9 Å². The molecule has 6 nitrogen and oxygen atoms in total. The van der Waals surface area contributed by atoms with E-state index in [1.165, 1.54) is 11.3 Å². The second kappa shape index (κ2) is 7.75. The minimum absolute atomic E-state index is 0.0977. The Kier molecular flexibility index (Phi) is 5.23. The van der Waals surface area contributed by atoms with Gasteiger partial charge in [-0.05, 0) is 35.2 Å². The molecule has 126 valence electrons. The van der Waals surface area contributed by atoms with E-state index < -0.39 is 0 Å². The number of anilines is 1. The Morgan fingerprint density at radius 2 is 2.16 bits per heavy atom. The second-order valence-electron chi connectivity index (χ2n) is 5.31. The fourth-order valence-electron chi connectivity index (χ4n) is 2.25. The number of aliphatic hydroxyl groups excluding tert-OH is 1. The lowest BCUT2D eigenvalue weighted by Crippen LogP contribution is -2.20. The standard InChI is InChI=1S/C18H16N4O2S/c1-22(8-9-23)15-6-4-13(5-7-15)11-14(12-19)18-20-17(21-24-18)16-3-2-10-25-16/h2-7,10-11,23H,8-9H2,1H3/b14-11+. The van der Waals surface area contributed by atoms with E-state index in [2.05, 4.69) is 16.2 Å². The maximum atomic E-state index is 9.41. The van der Waals surface area contributed by atoms with Crippen LogP contribution in [0.1, 0.15) is 11.5 Å². The summed E-state index contributed by atoms with van der Waals surface area (Å²) >= 11 is 1.51. The van der Waals surface area contributed by atoms with Crippen molar-refractivity contribution in [2.45, 2.75) is 0 Å². The first-order valence-electron chi connectivity index (χ1n) is 7.63. The van der Waals surface area contributed by atoms with Crippen molar-refractivity contribution in [3.8, 4) is 16.8 Å². The Bertz CT molecular complexity index is 892. The fraction of sp³-hybridized carbons (Fsp3) is 0.167. The average molecular weight is 352 g/mol. The van der Waals surface area contributed by atoms with Crippen LogP contribution in [0.4, 0.5) is 5.69 Å². The Balaban J connectivity index is 1.82. The van der Waals surface area contributed by atoms with Crippen LogP contribution in [-0.2, 0) is 0 Å². The highest BCUT2D eigenvalue weighted by Crippen LogP contribution is 2.24. The summed E-state index contributed by atoms with van der Waals surface area (Å²) in [7, 11) is 1.91. The molecule has 3 rings (SSSR count). The summed E-state index contributed by atoms with van der Waals surface area (Å²) in [6.45, 7) is 0.659. The van der Waals surface area contributed by atoms with E-state index in [-0.39, 0.29) is 12.5 Å². The number of hydrogen-bond donors (Lipinski definition) is 1. The van der Waals surface area contributed by atoms with E-state index in [4.69, 9.17) is 9.63 Å². The highest BCUT2D eigenvalue weighted by atomic mass is 32.1. The van der Waals surface area contributed by atoms with Crippen molar-refractivity contribution in [1.29, 1.82) is 5.26 Å². The Morgan fingerprint density at radius 1 is 1.36 bits per heavy atom. The van der Waals surface area contributed by atoms with E-state index >= 15 is 0 Å². The minimum Gasteiger partial charge on any atom is -0.395 e. The van der Waals surface area contributed by atoms with E-state index in [1.54, 1.807) is 6.08 Å². The highest BCUT2D eigenvalue weighted by Gasteiger charge is 2.13. The van der Waals surface area contributed by atoms with Crippen LogP contribution in [0.15, 0.2) is 46.3 Å². The lowest BCUT2D eigenvalue weighted by atomic mass is 10.1. The van der Waals surface area contributed by atoms with Crippen LogP contribution >= 0.6 is 11.3 Å². The van der Waals surface area contributed by atoms with E-state index in [9.17, 15) is 5.26 Å². The smallest absolute Gasteiger partial charge is 0.268 e. The molecule has 0 saturated carbocycles. The van der Waals surface area contributed by atoms with E-state index in [0.717, 1.165) is 16.1 Å². The van der Waals surface area contributed by atoms with E-state index in [1.807, 2.05) is 53.7 Å². The molecule has 0 spiro atoms. The van der Waals surface area contributed by atoms with Gasteiger partial charge in [-0.25, -0.2) is 0 Å². The SMILES string of the molecule is CN(CCO)c1ccc(/C=C(\C#N)c2nc(-c3cccs3)no2)cc1. The van der Waals surface area contributed by atoms with Crippen LogP contribution in [0.5, 0.6) is 0 Å². The fourth-order valence-corrected chi connectivity index (χ4v) is 2.90. The van der Waals surface area contributed by atoms with Gasteiger partial charge in [0.05, 0.1) is 11.5 Å². The Hall–Kier alpha value is -2.95. The van der Waals surface area contributed by atoms with Crippen molar-refractivity contribution >= 4 is 28.7 Å². The summed E-state index contributed by atoms with van der Waals surface area (Å²) in [5.74, 6) is 0.680. The van der Waals surface area contributed by atoms with Gasteiger partial charge in [0.2, 0.25) is 5.82 Å². The number of nitrogens with zero attached hydrogens (tertiary/aromatic N) is 4. The molecule has 0 atom stereocenters. The van der Waals surface area contributed by atoms with Crippen LogP contribution in [0.2, 0.25) is 0 Å². The highest BCUT2D eigenvalue weighted by molar-refractivity contribution is 7.13. The lowest BCUT2D eigenvalue weighted by Gasteiger charge is -2.17. The van der Waals surface area contributed by atoms with Gasteiger partial charge >= 0.3 is 0 Å². The molecule has 1 aromatic carbocycles. The molecule has 0 saturated heterocycles. The van der Waals surface area contributed by atoms with Crippen molar-refractivity contribution in [2.24, 2.45) is 0 Å². The lowest BCUT2D eigenvalue weighted by molar-refractivity contribution is 0.304. The van der Waals surface area contributed by atoms with Crippen molar-refractivity contribution < 1.29 is 9.63 Å². The van der Waals surface area contributed by atoms with Crippen LogP contribution in [0.3, 0.4) is 0 Å². The molecule has 0 bridgehead atoms. The van der Waals surface area contributed by atoms with Crippen LogP contribution in [-0.4, -0.2) is 35.4 Å². The number of allylic oxidation sites excluding steroid dienone is 1. The predicted molar refractivity (Wildman–Crippen MR) is 97.9 cm³/mol. The summed E-state index contributed by atoms with van der Waals surface area (Å²) < 4.78 is 5.23. The molecule has 0 unspecified atom stereocenters. The molecule has 0 aliphatic heterocycles. The maximum absolute atomic E-state index is 9.41. The van der Waals surface area contributed by atoms with Crippen LogP contribution in [0, 0.1) is 11.3 Å². The number of nitriles is 1. The Morgan fingerprint density at radius 3 is 2.80 bits per heavy atom. The predicted octanol–water partition coefficient (Wildman–Crippen LogP) is 3.29. The largest absolute Gasteiger partial charge is 0.395 e. The summed E-state index contributed by atoms with van der Waals surface area (Å²) in [6, 6.07) is 13.6. The molecule has 25 heavy (non-hydrogen) atoms. The molecule has 0 fully saturated rings. The second-order valence-corrected chi connectivity index (χ2v) is 6.25. The van der Waals surface area contributed by atoms with Gasteiger partial charge in [0.25, 0.3) is 5.89 Å². The van der Waals surface area contributed by atoms with Gasteiger partial charge in [0.15, 0.2) is 0 Å². The summed E-state index contributed by atoms with van der Waals surface area (Å²) in [6.07, 6.45) is 1.71. The molecular formula is C18H16N4O2S. The molecule has 0 aliphatic carbocycles. The topological polar surface area (TPSA) is 86.2 Å². The molecular weight excluding hydrogens is 336 g/mol. The quantitative estimate of drug-likeness (QED) is 0.685. The zero-order valence-corrected chi connectivity index (χ0v) is 14.4. The number of benzene rings is 1. The molecule has 0 amide bonds. The van der Waals surface area contributed by atoms with Gasteiger partial charge in [0, 0.05) is 19.3 Å². The third kappa shape index (κ3) is 3.94. The monoisotopic (exact) mass is 352 g/mol. The number of aliphatic hydroxyl groups is 1. The molecule has 1 N–H and O–H groups in total. The first-order chi connectivity index (χ1) is 12.2. The zero-order chi connectivity index (χ0) is 17.6. The summed E-state index contributed by atoms with van der Waals surface area (Å²) in [4.78, 5) is 7.14. The first kappa shape index (κ1) is 16.9. The molecule has 7 heteroatoms. The number of aromatic nitrogens is 2. The summed E-state index contributed by atoms with van der Waals surface area (Å²) in [5, 5.41) is 24.3. The van der Waals surface area contributed by atoms with Gasteiger partial charge in [-0.2, -0.15) is 10.2 Å². The summed E-state index contributed by atoms with van der Waals surface area (Å²) in [5.41, 5.74) is 2.16. The normalized spacial score (nSPS) is 11.3. The van der Waals surface area contributed by atoms with Crippen molar-refractivity contribution in [1.82, 2.24) is 10.1 Å². The van der Waals surface area contributed by atoms with Gasteiger partial charge in [-0.3, -0.25) is 0 Å². The van der Waals surface area contributed by atoms with Gasteiger partial charge in [-0.1, -0.05) is 23.4 Å². The third-order valence-electron chi connectivity index (χ3n) is 3.60. The van der Waals surface area contributed by atoms with Crippen molar-refractivity contribution in [3.05, 3.63) is 53.2 Å². The zero-order valence-electron chi connectivity index (χ0n) is 13.6. The van der Waals surface area contributed by atoms with Gasteiger partial charge < -0.3 is 14.5 Å². The maximum Gasteiger partial charge on any atom is 0.268 e. The molecule has 3 aromatic rings. The Labute approximate surface area is 149 Å². The number of thiophene rings is 1. The van der Waals surface area contributed by atoms with Crippen LogP contribution in [0.25, 0.3) is 22.4 Å². The van der Waals surface area contributed by atoms with Gasteiger partial charge in [0.1, 0.15) is 11.6 Å². The number of hydrogen-bond acceptors (Lipinski definition) is 7. The van der Waals surface area contributed by atoms with Crippen molar-refractivity contribution in [2.75, 3.05) is 25.1 Å². The molecule has 2 heterocycles. The molecule has 0 aliphatic rings. The van der Waals surface area contributed by atoms with Gasteiger partial charge in [-0.15, -0.1) is 11.3 Å². The number of rotatable bonds is 6. The average Bonchev–Trinajstić information content (AvgIpc) is 3.31. The van der Waals surface area contributed by atoms with Crippen LogP contribution < -0.4 is 4.90 Å². The molecule has 2 aromatic heterocycles. The minimum atomic E-state index is 0.0977. The molecule has 0 radical (unpaired) electrons. The first-order valence-corrected chi connectivity index (χ1v) is 8.51. The third-order valence-corrected chi connectivity index (χ3v) is 4.46.